The number of carboxylic acid groups (broad SMARTS) is 1. The first-order valence-corrected chi connectivity index (χ1v) is 17.9. The van der Waals surface area contributed by atoms with E-state index >= 15 is 0 Å². The van der Waals surface area contributed by atoms with E-state index in [0.717, 1.165) is 37.4 Å². The molecule has 0 rings (SSSR count). The summed E-state index contributed by atoms with van der Waals surface area (Å²) in [6, 6.07) is 0. The number of rotatable bonds is 39. The fraction of sp³-hybridized carbons (Fsp3) is 0.971. The largest absolute Gasteiger partial charge is 0.463 e. The highest BCUT2D eigenvalue weighted by Crippen LogP contribution is 2.13. The molecule has 0 spiro atoms. The summed E-state index contributed by atoms with van der Waals surface area (Å²) in [6.45, 7) is 15.4. The maximum absolute atomic E-state index is 11.3. The maximum Gasteiger partial charge on any atom is 0.431 e. The van der Waals surface area contributed by atoms with E-state index in [0.29, 0.717) is 119 Å². The summed E-state index contributed by atoms with van der Waals surface area (Å²) in [5, 5.41) is 18.9. The van der Waals surface area contributed by atoms with E-state index in [1.165, 1.54) is 32.1 Å². The van der Waals surface area contributed by atoms with Gasteiger partial charge in [0.15, 0.2) is 0 Å². The first-order valence-electron chi connectivity index (χ1n) is 17.9. The number of hydrogen-bond donors (Lipinski definition) is 2. The first kappa shape index (κ1) is 46.8. The van der Waals surface area contributed by atoms with Crippen LogP contribution in [0.1, 0.15) is 78.6 Å². The van der Waals surface area contributed by atoms with Gasteiger partial charge in [0.1, 0.15) is 0 Å². The lowest BCUT2D eigenvalue weighted by molar-refractivity contribution is -0.202. The van der Waals surface area contributed by atoms with Crippen LogP contribution in [0.4, 0.5) is 4.79 Å². The smallest absolute Gasteiger partial charge is 0.431 e. The third-order valence-corrected chi connectivity index (χ3v) is 6.46. The second kappa shape index (κ2) is 37.1. The van der Waals surface area contributed by atoms with Gasteiger partial charge in [-0.1, -0.05) is 44.9 Å². The highest BCUT2D eigenvalue weighted by Gasteiger charge is 2.20. The normalized spacial score (nSPS) is 11.8. The second-order valence-corrected chi connectivity index (χ2v) is 12.0. The van der Waals surface area contributed by atoms with Crippen molar-refractivity contribution < 1.29 is 62.5 Å². The third-order valence-electron chi connectivity index (χ3n) is 6.46. The second-order valence-electron chi connectivity index (χ2n) is 12.0. The van der Waals surface area contributed by atoms with Gasteiger partial charge in [-0.3, -0.25) is 4.84 Å². The van der Waals surface area contributed by atoms with Crippen molar-refractivity contribution in [2.75, 3.05) is 132 Å². The molecule has 48 heavy (non-hydrogen) atoms. The van der Waals surface area contributed by atoms with Crippen molar-refractivity contribution in [1.82, 2.24) is 5.06 Å². The molecule has 1 amide bonds. The molecular weight excluding hydrogens is 630 g/mol. The van der Waals surface area contributed by atoms with Crippen LogP contribution in [0.2, 0.25) is 0 Å². The predicted octanol–water partition coefficient (Wildman–Crippen LogP) is 4.35. The van der Waals surface area contributed by atoms with Crippen LogP contribution in [-0.2, 0) is 47.5 Å². The lowest BCUT2D eigenvalue weighted by atomic mass is 10.1. The summed E-state index contributed by atoms with van der Waals surface area (Å²) in [4.78, 5) is 16.7. The van der Waals surface area contributed by atoms with Crippen molar-refractivity contribution in [2.45, 2.75) is 84.2 Å². The maximum atomic E-state index is 11.3. The summed E-state index contributed by atoms with van der Waals surface area (Å²) in [7, 11) is 0. The average Bonchev–Trinajstić information content (AvgIpc) is 3.05. The molecule has 0 aromatic carbocycles. The number of ether oxygens (including phenoxy) is 9. The molecule has 2 N–H and O–H groups in total. The van der Waals surface area contributed by atoms with Crippen LogP contribution in [-0.4, -0.2) is 159 Å². The predicted molar refractivity (Wildman–Crippen MR) is 182 cm³/mol. The SMILES string of the molecule is CC(C)(C)ON(CCCCCCCCCCCOCCOCCOCCOCCOCCOCCOCCOCCOCCO)C(=O)O. The molecule has 0 unspecified atom stereocenters. The van der Waals surface area contributed by atoms with Gasteiger partial charge in [-0.25, -0.2) is 4.79 Å². The van der Waals surface area contributed by atoms with Gasteiger partial charge in [0, 0.05) is 6.61 Å². The number of carbonyl (C=O) groups is 1. The minimum Gasteiger partial charge on any atom is -0.463 e. The van der Waals surface area contributed by atoms with E-state index in [2.05, 4.69) is 0 Å². The Labute approximate surface area is 289 Å². The lowest BCUT2D eigenvalue weighted by Gasteiger charge is -2.27. The van der Waals surface area contributed by atoms with Crippen LogP contribution < -0.4 is 0 Å². The molecule has 0 aliphatic carbocycles. The van der Waals surface area contributed by atoms with Gasteiger partial charge in [-0.2, -0.15) is 5.06 Å². The van der Waals surface area contributed by atoms with E-state index < -0.39 is 11.7 Å². The van der Waals surface area contributed by atoms with Gasteiger partial charge < -0.3 is 52.8 Å². The molecule has 0 aliphatic heterocycles. The van der Waals surface area contributed by atoms with Crippen LogP contribution in [0.3, 0.4) is 0 Å². The molecule has 14 nitrogen and oxygen atoms in total. The molecule has 0 bridgehead atoms. The summed E-state index contributed by atoms with van der Waals surface area (Å²) in [5.74, 6) is 0. The molecular formula is C34H69NO13. The van der Waals surface area contributed by atoms with Crippen LogP contribution >= 0.6 is 0 Å². The van der Waals surface area contributed by atoms with Gasteiger partial charge in [-0.05, 0) is 33.6 Å². The Hall–Kier alpha value is -1.17. The van der Waals surface area contributed by atoms with E-state index in [-0.39, 0.29) is 6.61 Å². The van der Waals surface area contributed by atoms with Gasteiger partial charge in [0.2, 0.25) is 0 Å². The molecule has 0 saturated heterocycles. The molecule has 0 saturated carbocycles. The van der Waals surface area contributed by atoms with E-state index in [9.17, 15) is 9.90 Å². The highest BCUT2D eigenvalue weighted by atomic mass is 16.7. The monoisotopic (exact) mass is 699 g/mol. The van der Waals surface area contributed by atoms with Gasteiger partial charge in [0.25, 0.3) is 0 Å². The number of hydroxylamine groups is 2. The zero-order valence-corrected chi connectivity index (χ0v) is 30.3. The minimum absolute atomic E-state index is 0.0245. The molecule has 288 valence electrons. The fourth-order valence-electron chi connectivity index (χ4n) is 4.13. The fourth-order valence-corrected chi connectivity index (χ4v) is 4.13. The summed E-state index contributed by atoms with van der Waals surface area (Å²) < 4.78 is 48.9. The lowest BCUT2D eigenvalue weighted by Crippen LogP contribution is -2.38. The highest BCUT2D eigenvalue weighted by molar-refractivity contribution is 5.63. The van der Waals surface area contributed by atoms with E-state index in [1.807, 2.05) is 20.8 Å². The molecule has 14 heteroatoms. The number of nitrogens with zero attached hydrogens (tertiary/aromatic N) is 1. The molecule has 0 aromatic heterocycles. The average molecular weight is 700 g/mol. The van der Waals surface area contributed by atoms with Crippen molar-refractivity contribution in [3.63, 3.8) is 0 Å². The van der Waals surface area contributed by atoms with Gasteiger partial charge >= 0.3 is 6.09 Å². The standard InChI is InChI=1S/C34H69NO13/c1-34(2,3)48-35(33(37)38)13-11-9-7-5-4-6-8-10-12-15-39-17-19-41-21-23-43-25-27-45-29-31-47-32-30-46-28-26-44-24-22-42-20-18-40-16-14-36/h36H,4-32H2,1-3H3,(H,37,38). The van der Waals surface area contributed by atoms with Crippen LogP contribution in [0.5, 0.6) is 0 Å². The van der Waals surface area contributed by atoms with Gasteiger partial charge in [0.05, 0.1) is 131 Å². The van der Waals surface area contributed by atoms with Crippen molar-refractivity contribution in [3.05, 3.63) is 0 Å². The van der Waals surface area contributed by atoms with Crippen LogP contribution in [0.15, 0.2) is 0 Å². The minimum atomic E-state index is -1.03. The number of hydrogen-bond acceptors (Lipinski definition) is 12. The number of unbranched alkanes of at least 4 members (excludes halogenated alkanes) is 8. The van der Waals surface area contributed by atoms with Crippen molar-refractivity contribution in [2.24, 2.45) is 0 Å². The molecule has 0 radical (unpaired) electrons. The molecule has 0 fully saturated rings. The Bertz CT molecular complexity index is 655. The number of amides is 1. The van der Waals surface area contributed by atoms with Gasteiger partial charge in [-0.15, -0.1) is 0 Å². The Kier molecular flexibility index (Phi) is 36.2. The van der Waals surface area contributed by atoms with Crippen molar-refractivity contribution >= 4 is 6.09 Å². The zero-order chi connectivity index (χ0) is 35.2. The van der Waals surface area contributed by atoms with Crippen LogP contribution in [0.25, 0.3) is 0 Å². The topological polar surface area (TPSA) is 153 Å². The van der Waals surface area contributed by atoms with Crippen LogP contribution in [0, 0.1) is 0 Å². The van der Waals surface area contributed by atoms with Crippen molar-refractivity contribution in [3.8, 4) is 0 Å². The number of aliphatic hydroxyl groups excluding tert-OH is 1. The Morgan fingerprint density at radius 3 is 1.00 bits per heavy atom. The Balaban J connectivity index is 3.16. The first-order chi connectivity index (χ1) is 23.4. The zero-order valence-electron chi connectivity index (χ0n) is 30.3. The quantitative estimate of drug-likeness (QED) is 0.0691. The Morgan fingerprint density at radius 2 is 0.708 bits per heavy atom. The summed E-state index contributed by atoms with van der Waals surface area (Å²) in [6.07, 6.45) is 9.03. The summed E-state index contributed by atoms with van der Waals surface area (Å²) >= 11 is 0. The Morgan fingerprint density at radius 1 is 0.438 bits per heavy atom. The summed E-state index contributed by atoms with van der Waals surface area (Å²) in [5.41, 5.74) is -0.505. The number of aliphatic hydroxyl groups is 1. The third kappa shape index (κ3) is 39.3. The molecule has 0 aliphatic rings. The van der Waals surface area contributed by atoms with Crippen molar-refractivity contribution in [1.29, 1.82) is 0 Å². The van der Waals surface area contributed by atoms with E-state index in [1.54, 1.807) is 0 Å². The van der Waals surface area contributed by atoms with E-state index in [4.69, 9.17) is 52.6 Å². The molecule has 0 heterocycles. The molecule has 0 atom stereocenters. The molecule has 0 aromatic rings.